The van der Waals surface area contributed by atoms with Gasteiger partial charge in [0.25, 0.3) is 5.91 Å². The van der Waals surface area contributed by atoms with Gasteiger partial charge in [-0.1, -0.05) is 42.0 Å². The van der Waals surface area contributed by atoms with E-state index in [0.29, 0.717) is 11.4 Å². The third-order valence-corrected chi connectivity index (χ3v) is 6.93. The third kappa shape index (κ3) is 3.77. The molecule has 4 amide bonds. The number of amides is 4. The highest BCUT2D eigenvalue weighted by Gasteiger charge is 2.55. The van der Waals surface area contributed by atoms with Gasteiger partial charge in [0.05, 0.1) is 0 Å². The molecule has 2 aliphatic rings. The number of urea groups is 1. The van der Waals surface area contributed by atoms with Crippen molar-refractivity contribution < 1.29 is 19.0 Å². The number of para-hydroxylation sites is 1. The van der Waals surface area contributed by atoms with Gasteiger partial charge >= 0.3 is 11.9 Å². The Morgan fingerprint density at radius 3 is 2.28 bits per heavy atom. The molecule has 3 aromatic rings. The van der Waals surface area contributed by atoms with Crippen LogP contribution in [0, 0.1) is 27.7 Å². The number of likely N-dealkylation sites (N-methyl/N-ethyl adjacent to an activating group) is 1. The number of fused-ring (bicyclic) bond motifs is 3. The number of aryl methyl sites for hydroxylation is 4. The Bertz CT molecular complexity index is 1450. The van der Waals surface area contributed by atoms with Crippen molar-refractivity contribution in [3.63, 3.8) is 0 Å². The number of hydrogen-bond acceptors (Lipinski definition) is 4. The number of anilines is 3. The summed E-state index contributed by atoms with van der Waals surface area (Å²) in [6.45, 7) is 7.54. The van der Waals surface area contributed by atoms with Crippen molar-refractivity contribution in [2.75, 3.05) is 28.7 Å². The Kier molecular flexibility index (Phi) is 5.71. The lowest BCUT2D eigenvalue weighted by molar-refractivity contribution is -0.415. The van der Waals surface area contributed by atoms with Crippen LogP contribution in [-0.4, -0.2) is 47.8 Å². The summed E-state index contributed by atoms with van der Waals surface area (Å²) in [6, 6.07) is 17.8. The molecular weight excluding hydrogens is 452 g/mol. The summed E-state index contributed by atoms with van der Waals surface area (Å²) in [5.41, 5.74) is 7.25. The molecule has 0 bridgehead atoms. The van der Waals surface area contributed by atoms with Crippen LogP contribution in [0.1, 0.15) is 27.8 Å². The fraction of sp³-hybridized carbons (Fsp3) is 0.241. The second-order valence-corrected chi connectivity index (χ2v) is 9.62. The van der Waals surface area contributed by atoms with Crippen LogP contribution in [0.5, 0.6) is 0 Å². The molecule has 1 unspecified atom stereocenters. The molecule has 36 heavy (non-hydrogen) atoms. The molecule has 0 radical (unpaired) electrons. The Labute approximate surface area is 210 Å². The Hall–Kier alpha value is -4.26. The topological polar surface area (TPSA) is 72.7 Å². The van der Waals surface area contributed by atoms with Gasteiger partial charge in [0.15, 0.2) is 18.3 Å². The molecule has 3 aromatic carbocycles. The lowest BCUT2D eigenvalue weighted by atomic mass is 10.0. The van der Waals surface area contributed by atoms with Crippen molar-refractivity contribution >= 4 is 40.6 Å². The molecule has 2 aliphatic heterocycles. The van der Waals surface area contributed by atoms with Gasteiger partial charge in [0, 0.05) is 24.0 Å². The maximum absolute atomic E-state index is 13.9. The van der Waals surface area contributed by atoms with Crippen LogP contribution in [0.15, 0.2) is 60.7 Å². The zero-order valence-electron chi connectivity index (χ0n) is 21.1. The lowest BCUT2D eigenvalue weighted by Crippen LogP contribution is -2.61. The number of nitrogens with zero attached hydrogens (tertiary/aromatic N) is 3. The lowest BCUT2D eigenvalue weighted by Gasteiger charge is -2.28. The van der Waals surface area contributed by atoms with Crippen molar-refractivity contribution in [3.05, 3.63) is 88.5 Å². The maximum atomic E-state index is 13.9. The number of rotatable bonds is 4. The molecule has 0 saturated heterocycles. The van der Waals surface area contributed by atoms with E-state index >= 15 is 0 Å². The first-order chi connectivity index (χ1) is 17.2. The minimum atomic E-state index is -0.715. The van der Waals surface area contributed by atoms with Crippen molar-refractivity contribution in [1.82, 2.24) is 0 Å². The third-order valence-electron chi connectivity index (χ3n) is 6.93. The molecule has 7 heteroatoms. The first kappa shape index (κ1) is 23.5. The van der Waals surface area contributed by atoms with Crippen molar-refractivity contribution in [2.45, 2.75) is 33.7 Å². The van der Waals surface area contributed by atoms with E-state index in [0.717, 1.165) is 39.2 Å². The van der Waals surface area contributed by atoms with Gasteiger partial charge in [-0.3, -0.25) is 4.79 Å². The summed E-state index contributed by atoms with van der Waals surface area (Å²) in [5.74, 6) is -0.655. The summed E-state index contributed by atoms with van der Waals surface area (Å²) >= 11 is 0. The van der Waals surface area contributed by atoms with Crippen LogP contribution >= 0.6 is 0 Å². The second-order valence-electron chi connectivity index (χ2n) is 9.62. The SMILES string of the molecule is Cc1cccc(N2C(=O)C3C(=[N+](CC(=O)Nc4c(C)cccc4C)C2=O)c2cc(C)ccc2N3C)c1. The van der Waals surface area contributed by atoms with Crippen LogP contribution in [0.25, 0.3) is 0 Å². The maximum Gasteiger partial charge on any atom is 0.506 e. The highest BCUT2D eigenvalue weighted by atomic mass is 16.2. The molecule has 0 fully saturated rings. The quantitative estimate of drug-likeness (QED) is 0.563. The van der Waals surface area contributed by atoms with Crippen molar-refractivity contribution in [1.29, 1.82) is 0 Å². The molecule has 2 heterocycles. The number of carbonyl (C=O) groups excluding carboxylic acids is 3. The summed E-state index contributed by atoms with van der Waals surface area (Å²) in [4.78, 5) is 44.2. The monoisotopic (exact) mass is 481 g/mol. The van der Waals surface area contributed by atoms with E-state index in [4.69, 9.17) is 0 Å². The summed E-state index contributed by atoms with van der Waals surface area (Å²) in [7, 11) is 1.85. The van der Waals surface area contributed by atoms with E-state index in [1.807, 2.05) is 94.2 Å². The molecule has 182 valence electrons. The van der Waals surface area contributed by atoms with Gasteiger partial charge < -0.3 is 10.2 Å². The summed E-state index contributed by atoms with van der Waals surface area (Å²) in [6.07, 6.45) is 0. The number of benzene rings is 3. The van der Waals surface area contributed by atoms with Gasteiger partial charge in [-0.05, 0) is 68.7 Å². The molecule has 0 aliphatic carbocycles. The van der Waals surface area contributed by atoms with E-state index in [9.17, 15) is 14.4 Å². The zero-order valence-corrected chi connectivity index (χ0v) is 21.1. The highest BCUT2D eigenvalue weighted by molar-refractivity contribution is 6.33. The van der Waals surface area contributed by atoms with E-state index in [1.165, 1.54) is 9.48 Å². The average molecular weight is 482 g/mol. The minimum absolute atomic E-state index is 0.213. The number of nitrogens with one attached hydrogen (secondary N) is 1. The van der Waals surface area contributed by atoms with Crippen molar-refractivity contribution in [3.8, 4) is 0 Å². The molecule has 7 nitrogen and oxygen atoms in total. The normalized spacial score (nSPS) is 16.9. The van der Waals surface area contributed by atoms with Gasteiger partial charge in [-0.2, -0.15) is 9.37 Å². The van der Waals surface area contributed by atoms with Gasteiger partial charge in [-0.15, -0.1) is 4.90 Å². The Morgan fingerprint density at radius 2 is 1.58 bits per heavy atom. The van der Waals surface area contributed by atoms with Crippen LogP contribution < -0.4 is 15.1 Å². The molecule has 1 atom stereocenters. The second kappa shape index (κ2) is 8.75. The highest BCUT2D eigenvalue weighted by Crippen LogP contribution is 2.36. The van der Waals surface area contributed by atoms with Crippen LogP contribution in [0.4, 0.5) is 21.9 Å². The molecule has 0 saturated carbocycles. The van der Waals surface area contributed by atoms with Crippen LogP contribution in [0.2, 0.25) is 0 Å². The molecule has 0 spiro atoms. The number of hydrogen-bond donors (Lipinski definition) is 1. The zero-order chi connectivity index (χ0) is 25.7. The molecule has 1 N–H and O–H groups in total. The predicted octanol–water partition coefficient (Wildman–Crippen LogP) is 4.35. The van der Waals surface area contributed by atoms with E-state index < -0.39 is 12.1 Å². The standard InChI is InChI=1S/C29H28N4O3/c1-17-8-6-11-21(14-17)33-28(35)27-26(22-15-18(2)12-13-23(22)31(27)5)32(29(33)36)16-24(34)30-25-19(3)9-7-10-20(25)4/h6-15,27H,16H2,1-5H3/p+1. The minimum Gasteiger partial charge on any atom is -0.354 e. The number of carbonyl (C=O) groups is 3. The largest absolute Gasteiger partial charge is 0.506 e. The van der Waals surface area contributed by atoms with E-state index in [2.05, 4.69) is 5.32 Å². The smallest absolute Gasteiger partial charge is 0.354 e. The molecule has 5 rings (SSSR count). The van der Waals surface area contributed by atoms with Gasteiger partial charge in [0.1, 0.15) is 5.69 Å². The summed E-state index contributed by atoms with van der Waals surface area (Å²) < 4.78 is 1.46. The molecule has 0 aromatic heterocycles. The number of imide groups is 1. The van der Waals surface area contributed by atoms with Crippen LogP contribution in [0.3, 0.4) is 0 Å². The Morgan fingerprint density at radius 1 is 0.917 bits per heavy atom. The predicted molar refractivity (Wildman–Crippen MR) is 141 cm³/mol. The van der Waals surface area contributed by atoms with E-state index in [1.54, 1.807) is 6.07 Å². The Balaban J connectivity index is 1.63. The summed E-state index contributed by atoms with van der Waals surface area (Å²) in [5, 5.41) is 2.98. The molecular formula is C29H29N4O3+. The van der Waals surface area contributed by atoms with Crippen LogP contribution in [-0.2, 0) is 9.59 Å². The van der Waals surface area contributed by atoms with E-state index in [-0.39, 0.29) is 18.4 Å². The fourth-order valence-electron chi connectivity index (χ4n) is 5.14. The fourth-order valence-corrected chi connectivity index (χ4v) is 5.14. The van der Waals surface area contributed by atoms with Crippen molar-refractivity contribution in [2.24, 2.45) is 0 Å². The van der Waals surface area contributed by atoms with Gasteiger partial charge in [-0.25, -0.2) is 4.79 Å². The van der Waals surface area contributed by atoms with Gasteiger partial charge in [0.2, 0.25) is 0 Å². The first-order valence-electron chi connectivity index (χ1n) is 12.0. The average Bonchev–Trinajstić information content (AvgIpc) is 3.11. The first-order valence-corrected chi connectivity index (χ1v) is 12.0.